The molecule has 1 heterocycles. The van der Waals surface area contributed by atoms with Crippen LogP contribution in [0.3, 0.4) is 0 Å². The Morgan fingerprint density at radius 3 is 2.65 bits per heavy atom. The minimum atomic E-state index is 0.581. The van der Waals surface area contributed by atoms with Gasteiger partial charge in [-0.05, 0) is 36.8 Å². The summed E-state index contributed by atoms with van der Waals surface area (Å²) >= 11 is 0. The molecular formula is C18H15FN+. The number of aromatic nitrogens is 1. The molecule has 1 aromatic heterocycles. The molecule has 0 amide bonds. The first-order chi connectivity index (χ1) is 9.79. The number of aryl methyl sites for hydroxylation is 1. The van der Waals surface area contributed by atoms with Crippen molar-refractivity contribution in [3.8, 4) is 11.3 Å². The van der Waals surface area contributed by atoms with Gasteiger partial charge in [0.15, 0.2) is 6.20 Å². The van der Waals surface area contributed by atoms with Gasteiger partial charge in [-0.2, -0.15) is 0 Å². The third kappa shape index (κ3) is 2.21. The largest absolute Gasteiger partial charge is 0.218 e. The Bertz CT molecular complexity index is 790. The fourth-order valence-electron chi connectivity index (χ4n) is 2.53. The zero-order valence-electron chi connectivity index (χ0n) is 11.2. The summed E-state index contributed by atoms with van der Waals surface area (Å²) in [6.07, 6.45) is 3.97. The van der Waals surface area contributed by atoms with E-state index in [1.165, 1.54) is 11.6 Å². The second kappa shape index (κ2) is 5.25. The van der Waals surface area contributed by atoms with E-state index in [1.54, 1.807) is 0 Å². The van der Waals surface area contributed by atoms with Crippen LogP contribution in [0.4, 0.5) is 4.39 Å². The maximum absolute atomic E-state index is 12.5. The van der Waals surface area contributed by atoms with Crippen LogP contribution in [-0.2, 0) is 0 Å². The number of hydrogen-bond acceptors (Lipinski definition) is 0. The summed E-state index contributed by atoms with van der Waals surface area (Å²) in [6.45, 7) is 2.08. The highest BCUT2D eigenvalue weighted by atomic mass is 19.1. The van der Waals surface area contributed by atoms with Crippen molar-refractivity contribution in [3.05, 3.63) is 72.2 Å². The molecule has 0 atom stereocenters. The van der Waals surface area contributed by atoms with Gasteiger partial charge in [-0.15, -0.1) is 0 Å². The summed E-state index contributed by atoms with van der Waals surface area (Å²) in [4.78, 5) is 3.31. The van der Waals surface area contributed by atoms with Crippen LogP contribution in [0.25, 0.3) is 28.1 Å². The van der Waals surface area contributed by atoms with Gasteiger partial charge < -0.3 is 0 Å². The number of halogens is 1. The maximum Gasteiger partial charge on any atom is 0.218 e. The van der Waals surface area contributed by atoms with Crippen molar-refractivity contribution in [2.75, 3.05) is 0 Å². The molecule has 0 saturated heterocycles. The molecular weight excluding hydrogens is 249 g/mol. The molecule has 0 unspecified atom stereocenters. The monoisotopic (exact) mass is 264 g/mol. The van der Waals surface area contributed by atoms with Gasteiger partial charge in [-0.1, -0.05) is 29.8 Å². The third-order valence-corrected chi connectivity index (χ3v) is 3.44. The summed E-state index contributed by atoms with van der Waals surface area (Å²) in [5, 5.41) is 2.13. The van der Waals surface area contributed by atoms with Crippen LogP contribution < -0.4 is 4.98 Å². The van der Waals surface area contributed by atoms with Crippen LogP contribution in [0.5, 0.6) is 0 Å². The van der Waals surface area contributed by atoms with Gasteiger partial charge >= 0.3 is 0 Å². The van der Waals surface area contributed by atoms with Crippen molar-refractivity contribution in [1.82, 2.24) is 0 Å². The van der Waals surface area contributed by atoms with Crippen molar-refractivity contribution in [2.45, 2.75) is 6.92 Å². The predicted molar refractivity (Wildman–Crippen MR) is 80.8 cm³/mol. The zero-order chi connectivity index (χ0) is 13.9. The molecule has 3 rings (SSSR count). The van der Waals surface area contributed by atoms with Crippen LogP contribution in [0.2, 0.25) is 0 Å². The zero-order valence-corrected chi connectivity index (χ0v) is 11.2. The molecule has 0 aliphatic rings. The number of hydrogen-bond donors (Lipinski definition) is 0. The SMILES string of the molecule is Cc1cccc(-c2[nH+]ccc3c(/C=C/F)cccc23)c1. The molecule has 0 bridgehead atoms. The van der Waals surface area contributed by atoms with E-state index in [1.807, 2.05) is 30.5 Å². The lowest BCUT2D eigenvalue weighted by molar-refractivity contribution is -0.362. The highest BCUT2D eigenvalue weighted by molar-refractivity contribution is 5.97. The molecule has 20 heavy (non-hydrogen) atoms. The van der Waals surface area contributed by atoms with Crippen molar-refractivity contribution in [2.24, 2.45) is 0 Å². The number of fused-ring (bicyclic) bond motifs is 1. The fourth-order valence-corrected chi connectivity index (χ4v) is 2.53. The van der Waals surface area contributed by atoms with Crippen molar-refractivity contribution < 1.29 is 9.37 Å². The Hall–Kier alpha value is -2.48. The van der Waals surface area contributed by atoms with E-state index in [0.29, 0.717) is 6.33 Å². The average Bonchev–Trinajstić information content (AvgIpc) is 2.47. The van der Waals surface area contributed by atoms with Crippen molar-refractivity contribution in [3.63, 3.8) is 0 Å². The Labute approximate surface area is 117 Å². The molecule has 0 saturated carbocycles. The van der Waals surface area contributed by atoms with Gasteiger partial charge in [0, 0.05) is 17.0 Å². The van der Waals surface area contributed by atoms with E-state index in [2.05, 4.69) is 36.2 Å². The third-order valence-electron chi connectivity index (χ3n) is 3.44. The molecule has 0 spiro atoms. The molecule has 0 fully saturated rings. The number of nitrogens with one attached hydrogen (secondary N) is 1. The number of aromatic amines is 1. The second-order valence-corrected chi connectivity index (χ2v) is 4.82. The Balaban J connectivity index is 2.30. The normalized spacial score (nSPS) is 11.3. The standard InChI is InChI=1S/C18H14FN/c1-13-4-2-6-15(12-13)18-17-7-3-5-14(8-10-19)16(17)9-11-20-18/h2-12H,1H3/p+1/b10-8+. The topological polar surface area (TPSA) is 14.1 Å². The first kappa shape index (κ1) is 12.5. The lowest BCUT2D eigenvalue weighted by atomic mass is 9.99. The highest BCUT2D eigenvalue weighted by Gasteiger charge is 2.12. The van der Waals surface area contributed by atoms with Crippen LogP contribution in [0, 0.1) is 6.92 Å². The molecule has 1 N–H and O–H groups in total. The van der Waals surface area contributed by atoms with Crippen molar-refractivity contribution >= 4 is 16.8 Å². The first-order valence-electron chi connectivity index (χ1n) is 6.57. The van der Waals surface area contributed by atoms with Gasteiger partial charge in [0.1, 0.15) is 0 Å². The molecule has 0 aliphatic carbocycles. The fraction of sp³-hybridized carbons (Fsp3) is 0.0556. The van der Waals surface area contributed by atoms with E-state index in [0.717, 1.165) is 27.6 Å². The lowest BCUT2D eigenvalue weighted by Crippen LogP contribution is -2.06. The van der Waals surface area contributed by atoms with E-state index < -0.39 is 0 Å². The first-order valence-corrected chi connectivity index (χ1v) is 6.57. The van der Waals surface area contributed by atoms with Gasteiger partial charge in [-0.3, -0.25) is 0 Å². The quantitative estimate of drug-likeness (QED) is 0.643. The number of H-pyrrole nitrogens is 1. The molecule has 0 aliphatic heterocycles. The second-order valence-electron chi connectivity index (χ2n) is 4.82. The summed E-state index contributed by atoms with van der Waals surface area (Å²) < 4.78 is 12.5. The minimum Gasteiger partial charge on any atom is -0.216 e. The Morgan fingerprint density at radius 2 is 1.85 bits per heavy atom. The van der Waals surface area contributed by atoms with E-state index in [-0.39, 0.29) is 0 Å². The number of pyridine rings is 1. The van der Waals surface area contributed by atoms with Crippen molar-refractivity contribution in [1.29, 1.82) is 0 Å². The van der Waals surface area contributed by atoms with Gasteiger partial charge in [0.05, 0.1) is 11.7 Å². The van der Waals surface area contributed by atoms with Crippen LogP contribution in [0.15, 0.2) is 61.1 Å². The Kier molecular flexibility index (Phi) is 3.30. The molecule has 2 heteroatoms. The van der Waals surface area contributed by atoms with E-state index >= 15 is 0 Å². The lowest BCUT2D eigenvalue weighted by Gasteiger charge is -2.04. The average molecular weight is 264 g/mol. The molecule has 3 aromatic rings. The maximum atomic E-state index is 12.5. The molecule has 2 aromatic carbocycles. The van der Waals surface area contributed by atoms with Gasteiger partial charge in [-0.25, -0.2) is 9.37 Å². The summed E-state index contributed by atoms with van der Waals surface area (Å²) in [5.41, 5.74) is 4.29. The molecule has 0 radical (unpaired) electrons. The van der Waals surface area contributed by atoms with Gasteiger partial charge in [0.25, 0.3) is 0 Å². The predicted octanol–water partition coefficient (Wildman–Crippen LogP) is 4.57. The van der Waals surface area contributed by atoms with Crippen LogP contribution in [-0.4, -0.2) is 0 Å². The van der Waals surface area contributed by atoms with E-state index in [9.17, 15) is 4.39 Å². The van der Waals surface area contributed by atoms with Gasteiger partial charge in [0.2, 0.25) is 5.69 Å². The summed E-state index contributed by atoms with van der Waals surface area (Å²) in [5.74, 6) is 0. The Morgan fingerprint density at radius 1 is 1.00 bits per heavy atom. The summed E-state index contributed by atoms with van der Waals surface area (Å²) in [6, 6.07) is 16.2. The molecule has 1 nitrogen and oxygen atoms in total. The number of rotatable bonds is 2. The van der Waals surface area contributed by atoms with Crippen LogP contribution >= 0.6 is 0 Å². The molecule has 98 valence electrons. The smallest absolute Gasteiger partial charge is 0.216 e. The number of benzene rings is 2. The van der Waals surface area contributed by atoms with E-state index in [4.69, 9.17) is 0 Å². The highest BCUT2D eigenvalue weighted by Crippen LogP contribution is 2.27. The summed E-state index contributed by atoms with van der Waals surface area (Å²) in [7, 11) is 0. The minimum absolute atomic E-state index is 0.581. The van der Waals surface area contributed by atoms with Crippen LogP contribution in [0.1, 0.15) is 11.1 Å².